The van der Waals surface area contributed by atoms with Gasteiger partial charge in [-0.25, -0.2) is 4.79 Å². The molecule has 0 aromatic heterocycles. The van der Waals surface area contributed by atoms with Crippen LogP contribution in [0.15, 0.2) is 24.3 Å². The van der Waals surface area contributed by atoms with Crippen LogP contribution in [0.4, 0.5) is 5.69 Å². The highest BCUT2D eigenvalue weighted by Crippen LogP contribution is 2.73. The van der Waals surface area contributed by atoms with E-state index >= 15 is 0 Å². The smallest absolute Gasteiger partial charge is 0.338 e. The third-order valence-corrected chi connectivity index (χ3v) is 7.43. The number of fused-ring (bicyclic) bond motifs is 4. The lowest BCUT2D eigenvalue weighted by Crippen LogP contribution is -2.44. The van der Waals surface area contributed by atoms with Gasteiger partial charge in [-0.05, 0) is 74.3 Å². The normalized spacial score (nSPS) is 41.4. The molecule has 6 atom stereocenters. The Balaban J connectivity index is 1.36. The summed E-state index contributed by atoms with van der Waals surface area (Å²) < 4.78 is 5.98. The fraction of sp³-hybridized carbons (Fsp3) is 0.632. The Morgan fingerprint density at radius 2 is 1.96 bits per heavy atom. The number of esters is 1. The molecular formula is C19H21NO4. The van der Waals surface area contributed by atoms with Gasteiger partial charge in [-0.1, -0.05) is 0 Å². The molecule has 1 aromatic rings. The molecule has 5 heteroatoms. The molecule has 4 aliphatic rings. The lowest BCUT2D eigenvalue weighted by atomic mass is 9.64. The van der Waals surface area contributed by atoms with Crippen molar-refractivity contribution in [2.75, 3.05) is 0 Å². The van der Waals surface area contributed by atoms with E-state index in [9.17, 15) is 14.9 Å². The number of hydrogen-bond acceptors (Lipinski definition) is 4. The summed E-state index contributed by atoms with van der Waals surface area (Å²) in [6, 6.07) is 5.75. The quantitative estimate of drug-likeness (QED) is 0.478. The van der Waals surface area contributed by atoms with E-state index in [-0.39, 0.29) is 23.2 Å². The molecule has 4 bridgehead atoms. The molecule has 0 unspecified atom stereocenters. The zero-order chi connectivity index (χ0) is 16.5. The zero-order valence-corrected chi connectivity index (χ0v) is 13.5. The van der Waals surface area contributed by atoms with E-state index < -0.39 is 4.92 Å². The number of hydrogen-bond donors (Lipinski definition) is 0. The van der Waals surface area contributed by atoms with E-state index in [1.54, 1.807) is 0 Å². The second-order valence-electron chi connectivity index (χ2n) is 8.23. The standard InChI is InChI=1S/C19H21NO4/c21-18(12-2-5-15(6-3-12)20(22)23)24-17-8-11-7-16-13-1-4-14(9-13)19(16,17)10-11/h2-3,5-6,11,13-14,16-17H,1,4,7-10H2/t11-,13+,14+,16-,17+,19-/m1/s1. The Labute approximate surface area is 140 Å². The van der Waals surface area contributed by atoms with Gasteiger partial charge < -0.3 is 4.74 Å². The summed E-state index contributed by atoms with van der Waals surface area (Å²) in [6.45, 7) is 0. The summed E-state index contributed by atoms with van der Waals surface area (Å²) in [5.74, 6) is 2.78. The van der Waals surface area contributed by atoms with E-state index in [0.717, 1.165) is 30.1 Å². The van der Waals surface area contributed by atoms with Crippen LogP contribution in [0, 0.1) is 39.2 Å². The number of nitrogens with zero attached hydrogens (tertiary/aromatic N) is 1. The molecule has 4 saturated carbocycles. The Hall–Kier alpha value is -1.91. The van der Waals surface area contributed by atoms with Crippen LogP contribution in [0.3, 0.4) is 0 Å². The molecule has 0 N–H and O–H groups in total. The number of carbonyl (C=O) groups excluding carboxylic acids is 1. The lowest BCUT2D eigenvalue weighted by Gasteiger charge is -2.44. The molecule has 0 saturated heterocycles. The minimum absolute atomic E-state index is 0.00164. The Bertz CT molecular complexity index is 715. The van der Waals surface area contributed by atoms with Crippen molar-refractivity contribution in [3.63, 3.8) is 0 Å². The molecule has 24 heavy (non-hydrogen) atoms. The summed E-state index contributed by atoms with van der Waals surface area (Å²) in [5.41, 5.74) is 0.669. The van der Waals surface area contributed by atoms with Crippen LogP contribution in [-0.2, 0) is 4.74 Å². The van der Waals surface area contributed by atoms with Crippen LogP contribution >= 0.6 is 0 Å². The van der Waals surface area contributed by atoms with Gasteiger partial charge in [-0.2, -0.15) is 0 Å². The number of nitro benzene ring substituents is 1. The number of carbonyl (C=O) groups is 1. The van der Waals surface area contributed by atoms with Gasteiger partial charge in [0.15, 0.2) is 0 Å². The van der Waals surface area contributed by atoms with Gasteiger partial charge in [0.1, 0.15) is 6.10 Å². The van der Waals surface area contributed by atoms with Crippen LogP contribution in [0.25, 0.3) is 0 Å². The molecule has 5 nitrogen and oxygen atoms in total. The molecule has 0 amide bonds. The largest absolute Gasteiger partial charge is 0.458 e. The highest BCUT2D eigenvalue weighted by atomic mass is 16.6. The van der Waals surface area contributed by atoms with Crippen molar-refractivity contribution in [2.24, 2.45) is 29.1 Å². The molecule has 0 radical (unpaired) electrons. The maximum absolute atomic E-state index is 12.6. The van der Waals surface area contributed by atoms with Crippen molar-refractivity contribution in [3.05, 3.63) is 39.9 Å². The molecule has 4 aliphatic carbocycles. The van der Waals surface area contributed by atoms with Crippen molar-refractivity contribution in [1.29, 1.82) is 0 Å². The summed E-state index contributed by atoms with van der Waals surface area (Å²) in [7, 11) is 0. The van der Waals surface area contributed by atoms with Crippen LogP contribution < -0.4 is 0 Å². The van der Waals surface area contributed by atoms with Gasteiger partial charge in [-0.15, -0.1) is 0 Å². The third-order valence-electron chi connectivity index (χ3n) is 7.43. The molecule has 0 aliphatic heterocycles. The monoisotopic (exact) mass is 327 g/mol. The number of ether oxygens (including phenoxy) is 1. The van der Waals surface area contributed by atoms with Gasteiger partial charge >= 0.3 is 5.97 Å². The predicted octanol–water partition coefficient (Wildman–Crippen LogP) is 3.97. The van der Waals surface area contributed by atoms with Gasteiger partial charge in [0.2, 0.25) is 0 Å². The predicted molar refractivity (Wildman–Crippen MR) is 86.4 cm³/mol. The van der Waals surface area contributed by atoms with Crippen molar-refractivity contribution < 1.29 is 14.5 Å². The summed E-state index contributed by atoms with van der Waals surface area (Å²) in [4.78, 5) is 22.8. The fourth-order valence-corrected chi connectivity index (χ4v) is 6.69. The Kier molecular flexibility index (Phi) is 2.89. The Morgan fingerprint density at radius 1 is 1.17 bits per heavy atom. The molecule has 4 fully saturated rings. The molecule has 126 valence electrons. The minimum atomic E-state index is -0.454. The van der Waals surface area contributed by atoms with E-state index in [1.165, 1.54) is 56.4 Å². The summed E-state index contributed by atoms with van der Waals surface area (Å²) >= 11 is 0. The molecule has 0 heterocycles. The van der Waals surface area contributed by atoms with Crippen LogP contribution in [-0.4, -0.2) is 17.0 Å². The number of benzene rings is 1. The van der Waals surface area contributed by atoms with Crippen molar-refractivity contribution in [2.45, 2.75) is 44.6 Å². The van der Waals surface area contributed by atoms with Gasteiger partial charge in [0.05, 0.1) is 10.5 Å². The summed E-state index contributed by atoms with van der Waals surface area (Å²) in [6.07, 6.45) is 7.66. The van der Waals surface area contributed by atoms with Crippen molar-refractivity contribution in [3.8, 4) is 0 Å². The first kappa shape index (κ1) is 14.4. The van der Waals surface area contributed by atoms with E-state index in [0.29, 0.717) is 5.56 Å². The average Bonchev–Trinajstić information content (AvgIpc) is 3.31. The lowest BCUT2D eigenvalue weighted by molar-refractivity contribution is -0.384. The van der Waals surface area contributed by atoms with Crippen LogP contribution in [0.5, 0.6) is 0 Å². The third kappa shape index (κ3) is 1.78. The topological polar surface area (TPSA) is 69.4 Å². The van der Waals surface area contributed by atoms with Gasteiger partial charge in [-0.3, -0.25) is 10.1 Å². The number of non-ortho nitro benzene ring substituents is 1. The second-order valence-corrected chi connectivity index (χ2v) is 8.23. The highest BCUT2D eigenvalue weighted by molar-refractivity contribution is 5.89. The first-order valence-corrected chi connectivity index (χ1v) is 9.03. The maximum Gasteiger partial charge on any atom is 0.338 e. The molecule has 1 aromatic carbocycles. The Morgan fingerprint density at radius 3 is 2.71 bits per heavy atom. The van der Waals surface area contributed by atoms with Crippen LogP contribution in [0.1, 0.15) is 48.9 Å². The maximum atomic E-state index is 12.6. The first-order chi connectivity index (χ1) is 11.6. The number of rotatable bonds is 3. The van der Waals surface area contributed by atoms with E-state index in [1.807, 2.05) is 0 Å². The average molecular weight is 327 g/mol. The first-order valence-electron chi connectivity index (χ1n) is 9.03. The van der Waals surface area contributed by atoms with Gasteiger partial charge in [0, 0.05) is 17.5 Å². The zero-order valence-electron chi connectivity index (χ0n) is 13.5. The molecular weight excluding hydrogens is 306 g/mol. The molecule has 5 rings (SSSR count). The van der Waals surface area contributed by atoms with E-state index in [4.69, 9.17) is 4.74 Å². The SMILES string of the molecule is O=C(O[C@H]1C[C@H]2C[C@@H]3[C@H]4CC[C@@H](C4)[C@@]13C2)c1ccc([N+](=O)[O-])cc1. The second kappa shape index (κ2) is 4.80. The highest BCUT2D eigenvalue weighted by Gasteiger charge is 2.69. The number of nitro groups is 1. The van der Waals surface area contributed by atoms with Crippen molar-refractivity contribution in [1.82, 2.24) is 0 Å². The van der Waals surface area contributed by atoms with E-state index in [2.05, 4.69) is 0 Å². The van der Waals surface area contributed by atoms with Crippen LogP contribution in [0.2, 0.25) is 0 Å². The fourth-order valence-electron chi connectivity index (χ4n) is 6.69. The summed E-state index contributed by atoms with van der Waals surface area (Å²) in [5, 5.41) is 10.7. The minimum Gasteiger partial charge on any atom is -0.458 e. The van der Waals surface area contributed by atoms with Gasteiger partial charge in [0.25, 0.3) is 5.69 Å². The van der Waals surface area contributed by atoms with Crippen molar-refractivity contribution >= 4 is 11.7 Å². The molecule has 1 spiro atoms.